The van der Waals surface area contributed by atoms with Crippen molar-refractivity contribution in [3.8, 4) is 0 Å². The summed E-state index contributed by atoms with van der Waals surface area (Å²) in [6.07, 6.45) is -0.0419. The minimum absolute atomic E-state index is 0.0673. The summed E-state index contributed by atoms with van der Waals surface area (Å²) in [5.74, 6) is -2.82. The van der Waals surface area contributed by atoms with Crippen molar-refractivity contribution in [1.82, 2.24) is 4.31 Å². The highest BCUT2D eigenvalue weighted by molar-refractivity contribution is 9.10. The molecule has 1 saturated heterocycles. The minimum atomic E-state index is -4.14. The summed E-state index contributed by atoms with van der Waals surface area (Å²) in [5.41, 5.74) is -0.708. The molecule has 1 aromatic rings. The van der Waals surface area contributed by atoms with Crippen LogP contribution >= 0.6 is 15.9 Å². The second-order valence-electron chi connectivity index (χ2n) is 4.71. The van der Waals surface area contributed by atoms with Gasteiger partial charge in [0.25, 0.3) is 0 Å². The van der Waals surface area contributed by atoms with Crippen molar-refractivity contribution in [3.05, 3.63) is 28.0 Å². The van der Waals surface area contributed by atoms with E-state index in [4.69, 9.17) is 5.11 Å². The molecule has 0 atom stereocenters. The number of hydrogen-bond donors (Lipinski definition) is 2. The lowest BCUT2D eigenvalue weighted by Crippen LogP contribution is -2.40. The summed E-state index contributed by atoms with van der Waals surface area (Å²) in [5, 5.41) is 18.3. The van der Waals surface area contributed by atoms with Crippen molar-refractivity contribution in [2.75, 3.05) is 13.1 Å². The zero-order valence-electron chi connectivity index (χ0n) is 10.8. The molecular weight excluding hydrogens is 369 g/mol. The number of sulfonamides is 1. The first kappa shape index (κ1) is 16.3. The van der Waals surface area contributed by atoms with E-state index in [0.717, 1.165) is 16.4 Å². The smallest absolute Gasteiger partial charge is 0.338 e. The predicted molar refractivity (Wildman–Crippen MR) is 75.1 cm³/mol. The quantitative estimate of drug-likeness (QED) is 0.825. The van der Waals surface area contributed by atoms with Gasteiger partial charge in [0.05, 0.1) is 11.7 Å². The fourth-order valence-electron chi connectivity index (χ4n) is 2.13. The molecule has 1 aliphatic rings. The summed E-state index contributed by atoms with van der Waals surface area (Å²) in [6.45, 7) is 0.135. The zero-order valence-corrected chi connectivity index (χ0v) is 13.2. The standard InChI is InChI=1S/C12H13BrFNO5S/c13-7-5-9(12(17)18)11(14)10(6-7)21(19,20)15-3-1-8(16)2-4-15/h5-6,8,16H,1-4H2,(H,17,18). The van der Waals surface area contributed by atoms with Crippen LogP contribution in [0.15, 0.2) is 21.5 Å². The fraction of sp³-hybridized carbons (Fsp3) is 0.417. The van der Waals surface area contributed by atoms with Crippen molar-refractivity contribution < 1.29 is 27.8 Å². The molecule has 0 saturated carbocycles. The van der Waals surface area contributed by atoms with Crippen molar-refractivity contribution in [2.24, 2.45) is 0 Å². The number of hydrogen-bond acceptors (Lipinski definition) is 4. The molecule has 1 fully saturated rings. The Kier molecular flexibility index (Phi) is 4.66. The van der Waals surface area contributed by atoms with Gasteiger partial charge >= 0.3 is 5.97 Å². The summed E-state index contributed by atoms with van der Waals surface area (Å²) in [6, 6.07) is 2.05. The van der Waals surface area contributed by atoms with Crippen LogP contribution in [0.2, 0.25) is 0 Å². The minimum Gasteiger partial charge on any atom is -0.478 e. The van der Waals surface area contributed by atoms with E-state index in [2.05, 4.69) is 15.9 Å². The topological polar surface area (TPSA) is 94.9 Å². The lowest BCUT2D eigenvalue weighted by atomic mass is 10.1. The Bertz CT molecular complexity index is 670. The second-order valence-corrected chi connectivity index (χ2v) is 7.53. The molecule has 0 bridgehead atoms. The van der Waals surface area contributed by atoms with E-state index in [1.54, 1.807) is 0 Å². The van der Waals surface area contributed by atoms with Crippen molar-refractivity contribution in [1.29, 1.82) is 0 Å². The number of benzene rings is 1. The van der Waals surface area contributed by atoms with E-state index in [1.807, 2.05) is 0 Å². The maximum absolute atomic E-state index is 14.2. The third-order valence-corrected chi connectivity index (χ3v) is 5.63. The molecular formula is C12H13BrFNO5S. The van der Waals surface area contributed by atoms with Gasteiger partial charge in [-0.3, -0.25) is 0 Å². The molecule has 0 aromatic heterocycles. The summed E-state index contributed by atoms with van der Waals surface area (Å²) < 4.78 is 40.3. The molecule has 0 unspecified atom stereocenters. The highest BCUT2D eigenvalue weighted by Gasteiger charge is 2.32. The van der Waals surface area contributed by atoms with Gasteiger partial charge in [-0.15, -0.1) is 0 Å². The molecule has 1 aromatic carbocycles. The number of halogens is 2. The van der Waals surface area contributed by atoms with E-state index in [0.29, 0.717) is 0 Å². The van der Waals surface area contributed by atoms with Crippen LogP contribution in [0.5, 0.6) is 0 Å². The Labute approximate surface area is 129 Å². The Morgan fingerprint density at radius 2 is 1.90 bits per heavy atom. The van der Waals surface area contributed by atoms with Gasteiger partial charge in [-0.05, 0) is 25.0 Å². The summed E-state index contributed by atoms with van der Waals surface area (Å²) in [4.78, 5) is 10.3. The van der Waals surface area contributed by atoms with Crippen LogP contribution in [-0.2, 0) is 10.0 Å². The Morgan fingerprint density at radius 3 is 2.43 bits per heavy atom. The van der Waals surface area contributed by atoms with Crippen molar-refractivity contribution in [3.63, 3.8) is 0 Å². The molecule has 0 spiro atoms. The van der Waals surface area contributed by atoms with Gasteiger partial charge in [0.1, 0.15) is 4.90 Å². The van der Waals surface area contributed by atoms with E-state index >= 15 is 0 Å². The number of aromatic carboxylic acids is 1. The molecule has 0 amide bonds. The van der Waals surface area contributed by atoms with Crippen LogP contribution in [0.25, 0.3) is 0 Å². The van der Waals surface area contributed by atoms with Crippen LogP contribution in [0, 0.1) is 5.82 Å². The molecule has 21 heavy (non-hydrogen) atoms. The Balaban J connectivity index is 2.47. The third-order valence-electron chi connectivity index (χ3n) is 3.28. The van der Waals surface area contributed by atoms with Crippen LogP contribution in [-0.4, -0.2) is 48.1 Å². The molecule has 1 aliphatic heterocycles. The zero-order chi connectivity index (χ0) is 15.8. The van der Waals surface area contributed by atoms with Gasteiger partial charge in [0.15, 0.2) is 5.82 Å². The van der Waals surface area contributed by atoms with Crippen molar-refractivity contribution >= 4 is 31.9 Å². The molecule has 0 radical (unpaired) electrons. The monoisotopic (exact) mass is 381 g/mol. The molecule has 116 valence electrons. The van der Waals surface area contributed by atoms with E-state index in [9.17, 15) is 22.7 Å². The van der Waals surface area contributed by atoms with Gasteiger partial charge in [-0.25, -0.2) is 17.6 Å². The van der Waals surface area contributed by atoms with E-state index in [1.165, 1.54) is 0 Å². The fourth-order valence-corrected chi connectivity index (χ4v) is 4.32. The highest BCUT2D eigenvalue weighted by atomic mass is 79.9. The molecule has 9 heteroatoms. The SMILES string of the molecule is O=C(O)c1cc(Br)cc(S(=O)(=O)N2CCC(O)CC2)c1F. The van der Waals surface area contributed by atoms with Crippen LogP contribution in [0.4, 0.5) is 4.39 Å². The molecule has 6 nitrogen and oxygen atoms in total. The average molecular weight is 382 g/mol. The number of aliphatic hydroxyl groups is 1. The second kappa shape index (κ2) is 5.99. The summed E-state index contributed by atoms with van der Waals surface area (Å²) in [7, 11) is -4.14. The average Bonchev–Trinajstić information content (AvgIpc) is 2.41. The van der Waals surface area contributed by atoms with Gasteiger partial charge in [-0.1, -0.05) is 15.9 Å². The van der Waals surface area contributed by atoms with Gasteiger partial charge < -0.3 is 10.2 Å². The third kappa shape index (κ3) is 3.25. The first-order valence-corrected chi connectivity index (χ1v) is 8.37. The predicted octanol–water partition coefficient (Wildman–Crippen LogP) is 1.43. The van der Waals surface area contributed by atoms with E-state index in [-0.39, 0.29) is 30.4 Å². The first-order chi connectivity index (χ1) is 9.73. The van der Waals surface area contributed by atoms with Crippen LogP contribution < -0.4 is 0 Å². The number of rotatable bonds is 3. The largest absolute Gasteiger partial charge is 0.478 e. The van der Waals surface area contributed by atoms with Gasteiger partial charge in [0.2, 0.25) is 10.0 Å². The molecule has 2 N–H and O–H groups in total. The van der Waals surface area contributed by atoms with Gasteiger partial charge in [-0.2, -0.15) is 4.31 Å². The normalized spacial score (nSPS) is 17.9. The van der Waals surface area contributed by atoms with Gasteiger partial charge in [0, 0.05) is 17.6 Å². The molecule has 1 heterocycles. The lowest BCUT2D eigenvalue weighted by molar-refractivity contribution is 0.0691. The summed E-state index contributed by atoms with van der Waals surface area (Å²) >= 11 is 2.99. The maximum atomic E-state index is 14.2. The Morgan fingerprint density at radius 1 is 1.33 bits per heavy atom. The highest BCUT2D eigenvalue weighted by Crippen LogP contribution is 2.28. The van der Waals surface area contributed by atoms with E-state index < -0.39 is 38.4 Å². The van der Waals surface area contributed by atoms with Crippen LogP contribution in [0.1, 0.15) is 23.2 Å². The number of nitrogens with zero attached hydrogens (tertiary/aromatic N) is 1. The number of aliphatic hydroxyl groups excluding tert-OH is 1. The maximum Gasteiger partial charge on any atom is 0.338 e. The van der Waals surface area contributed by atoms with Crippen molar-refractivity contribution in [2.45, 2.75) is 23.8 Å². The number of piperidine rings is 1. The molecule has 2 rings (SSSR count). The first-order valence-electron chi connectivity index (χ1n) is 6.14. The number of carbonyl (C=O) groups is 1. The lowest BCUT2D eigenvalue weighted by Gasteiger charge is -2.29. The number of carboxylic acid groups (broad SMARTS) is 1. The number of carboxylic acids is 1. The van der Waals surface area contributed by atoms with Crippen LogP contribution in [0.3, 0.4) is 0 Å². The Hall–Kier alpha value is -1.03. The molecule has 0 aliphatic carbocycles.